The minimum atomic E-state index is -0.992. The number of carbonyl (C=O) groups excluding carboxylic acids is 2. The van der Waals surface area contributed by atoms with Crippen LogP contribution in [0.1, 0.15) is 24.2 Å². The van der Waals surface area contributed by atoms with Gasteiger partial charge in [0.05, 0.1) is 12.7 Å². The van der Waals surface area contributed by atoms with Crippen molar-refractivity contribution >= 4 is 17.6 Å². The molecule has 1 N–H and O–H groups in total. The molecule has 6 heteroatoms. The molecule has 0 unspecified atom stereocenters. The largest absolute Gasteiger partial charge is 0.467 e. The van der Waals surface area contributed by atoms with Crippen LogP contribution >= 0.6 is 0 Å². The molecule has 0 aromatic heterocycles. The van der Waals surface area contributed by atoms with Crippen molar-refractivity contribution in [3.05, 3.63) is 29.6 Å². The molecule has 0 spiro atoms. The highest BCUT2D eigenvalue weighted by Gasteiger charge is 2.28. The Hall–Kier alpha value is -2.11. The molecule has 1 aromatic carbocycles. The molecule has 1 aromatic rings. The third-order valence-electron chi connectivity index (χ3n) is 2.76. The van der Waals surface area contributed by atoms with Crippen molar-refractivity contribution in [3.8, 4) is 0 Å². The third kappa shape index (κ3) is 3.46. The number of esters is 1. The van der Waals surface area contributed by atoms with Crippen molar-refractivity contribution in [2.24, 2.45) is 0 Å². The van der Waals surface area contributed by atoms with Gasteiger partial charge in [0.1, 0.15) is 11.4 Å². The first-order valence-electron chi connectivity index (χ1n) is 6.07. The molecular weight excluding hydrogens is 263 g/mol. The lowest BCUT2D eigenvalue weighted by molar-refractivity contribution is -0.144. The van der Waals surface area contributed by atoms with E-state index in [1.165, 1.54) is 24.1 Å². The number of nitrogens with zero attached hydrogens (tertiary/aromatic N) is 1. The second-order valence-corrected chi connectivity index (χ2v) is 5.14. The number of nitrogens with one attached hydrogen (secondary N) is 1. The first-order valence-corrected chi connectivity index (χ1v) is 6.07. The number of ether oxygens (including phenoxy) is 1. The first kappa shape index (κ1) is 15.9. The van der Waals surface area contributed by atoms with Gasteiger partial charge >= 0.3 is 5.97 Å². The van der Waals surface area contributed by atoms with Gasteiger partial charge in [-0.05, 0) is 32.0 Å². The van der Waals surface area contributed by atoms with Crippen LogP contribution in [-0.4, -0.2) is 43.5 Å². The lowest BCUT2D eigenvalue weighted by Gasteiger charge is -2.24. The van der Waals surface area contributed by atoms with E-state index in [9.17, 15) is 14.0 Å². The van der Waals surface area contributed by atoms with E-state index >= 15 is 0 Å². The smallest absolute Gasteiger partial charge is 0.330 e. The van der Waals surface area contributed by atoms with E-state index < -0.39 is 23.2 Å². The van der Waals surface area contributed by atoms with E-state index in [2.05, 4.69) is 10.1 Å². The van der Waals surface area contributed by atoms with Crippen LogP contribution in [0.5, 0.6) is 0 Å². The fourth-order valence-corrected chi connectivity index (χ4v) is 1.67. The number of benzene rings is 1. The summed E-state index contributed by atoms with van der Waals surface area (Å²) in [6.07, 6.45) is 0. The van der Waals surface area contributed by atoms with Crippen LogP contribution in [0, 0.1) is 5.82 Å². The number of hydrogen-bond donors (Lipinski definition) is 1. The average Bonchev–Trinajstić information content (AvgIpc) is 2.36. The third-order valence-corrected chi connectivity index (χ3v) is 2.76. The standard InChI is InChI=1S/C14H19FN2O3/c1-14(2,13(19)20-5)16-9-6-7-10(11(15)8-9)12(18)17(3)4/h6-8,16H,1-5H3. The molecule has 0 bridgehead atoms. The zero-order valence-electron chi connectivity index (χ0n) is 12.3. The number of halogens is 1. The lowest BCUT2D eigenvalue weighted by Crippen LogP contribution is -2.41. The Morgan fingerprint density at radius 1 is 1.30 bits per heavy atom. The molecule has 0 saturated carbocycles. The van der Waals surface area contributed by atoms with Gasteiger partial charge in [0, 0.05) is 19.8 Å². The maximum atomic E-state index is 13.9. The molecule has 20 heavy (non-hydrogen) atoms. The van der Waals surface area contributed by atoms with Gasteiger partial charge < -0.3 is 15.0 Å². The topological polar surface area (TPSA) is 58.6 Å². The van der Waals surface area contributed by atoms with E-state index in [-0.39, 0.29) is 5.56 Å². The molecule has 0 aliphatic carbocycles. The predicted molar refractivity (Wildman–Crippen MR) is 74.1 cm³/mol. The zero-order valence-corrected chi connectivity index (χ0v) is 12.3. The molecule has 0 heterocycles. The fraction of sp³-hybridized carbons (Fsp3) is 0.429. The molecule has 1 rings (SSSR count). The number of rotatable bonds is 4. The van der Waals surface area contributed by atoms with Gasteiger partial charge in [0.2, 0.25) is 0 Å². The number of hydrogen-bond acceptors (Lipinski definition) is 4. The molecule has 0 radical (unpaired) electrons. The summed E-state index contributed by atoms with van der Waals surface area (Å²) in [6.45, 7) is 3.24. The number of anilines is 1. The van der Waals surface area contributed by atoms with Crippen LogP contribution in [0.4, 0.5) is 10.1 Å². The summed E-state index contributed by atoms with van der Waals surface area (Å²) in [5, 5.41) is 2.87. The first-order chi connectivity index (χ1) is 9.19. The molecule has 0 aliphatic rings. The molecule has 110 valence electrons. The van der Waals surface area contributed by atoms with Crippen molar-refractivity contribution in [2.75, 3.05) is 26.5 Å². The Bertz CT molecular complexity index is 527. The van der Waals surface area contributed by atoms with Crippen LogP contribution in [0.25, 0.3) is 0 Å². The van der Waals surface area contributed by atoms with Gasteiger partial charge in [-0.3, -0.25) is 4.79 Å². The summed E-state index contributed by atoms with van der Waals surface area (Å²) in [7, 11) is 4.38. The Labute approximate surface area is 117 Å². The second kappa shape index (κ2) is 5.90. The summed E-state index contributed by atoms with van der Waals surface area (Å²) in [6, 6.07) is 4.11. The molecule has 1 amide bonds. The maximum absolute atomic E-state index is 13.9. The van der Waals surface area contributed by atoms with E-state index in [1.807, 2.05) is 0 Å². The van der Waals surface area contributed by atoms with Crippen molar-refractivity contribution in [1.82, 2.24) is 4.90 Å². The number of carbonyl (C=O) groups is 2. The Morgan fingerprint density at radius 2 is 1.90 bits per heavy atom. The van der Waals surface area contributed by atoms with Gasteiger partial charge in [-0.2, -0.15) is 0 Å². The van der Waals surface area contributed by atoms with Crippen LogP contribution in [0.3, 0.4) is 0 Å². The van der Waals surface area contributed by atoms with Crippen LogP contribution in [0.15, 0.2) is 18.2 Å². The molecule has 0 atom stereocenters. The summed E-state index contributed by atoms with van der Waals surface area (Å²) in [5.41, 5.74) is -0.613. The van der Waals surface area contributed by atoms with Crippen molar-refractivity contribution < 1.29 is 18.7 Å². The molecular formula is C14H19FN2O3. The highest BCUT2D eigenvalue weighted by molar-refractivity contribution is 5.94. The Morgan fingerprint density at radius 3 is 2.35 bits per heavy atom. The van der Waals surface area contributed by atoms with Gasteiger partial charge in [-0.15, -0.1) is 0 Å². The number of amides is 1. The zero-order chi connectivity index (χ0) is 15.5. The molecule has 0 aliphatic heterocycles. The second-order valence-electron chi connectivity index (χ2n) is 5.14. The minimum Gasteiger partial charge on any atom is -0.467 e. The van der Waals surface area contributed by atoms with Gasteiger partial charge in [0.15, 0.2) is 0 Å². The molecule has 0 fully saturated rings. The van der Waals surface area contributed by atoms with Gasteiger partial charge in [0.25, 0.3) is 5.91 Å². The molecule has 5 nitrogen and oxygen atoms in total. The number of methoxy groups -OCH3 is 1. The predicted octanol–water partition coefficient (Wildman–Crippen LogP) is 1.89. The summed E-state index contributed by atoms with van der Waals surface area (Å²) >= 11 is 0. The normalized spacial score (nSPS) is 10.9. The van der Waals surface area contributed by atoms with Crippen molar-refractivity contribution in [3.63, 3.8) is 0 Å². The Balaban J connectivity index is 2.99. The van der Waals surface area contributed by atoms with Crippen molar-refractivity contribution in [1.29, 1.82) is 0 Å². The summed E-state index contributed by atoms with van der Waals surface area (Å²) in [5.74, 6) is -1.53. The minimum absolute atomic E-state index is 0.0172. The van der Waals surface area contributed by atoms with E-state index in [0.717, 1.165) is 0 Å². The van der Waals surface area contributed by atoms with Gasteiger partial charge in [-0.1, -0.05) is 0 Å². The highest BCUT2D eigenvalue weighted by atomic mass is 19.1. The SMILES string of the molecule is COC(=O)C(C)(C)Nc1ccc(C(=O)N(C)C)c(F)c1. The highest BCUT2D eigenvalue weighted by Crippen LogP contribution is 2.20. The van der Waals surface area contributed by atoms with Crippen LogP contribution in [0.2, 0.25) is 0 Å². The average molecular weight is 282 g/mol. The van der Waals surface area contributed by atoms with E-state index in [1.54, 1.807) is 34.0 Å². The Kier molecular flexibility index (Phi) is 4.70. The fourth-order valence-electron chi connectivity index (χ4n) is 1.67. The molecule has 0 saturated heterocycles. The van der Waals surface area contributed by atoms with Crippen LogP contribution < -0.4 is 5.32 Å². The van der Waals surface area contributed by atoms with E-state index in [0.29, 0.717) is 5.69 Å². The van der Waals surface area contributed by atoms with Crippen molar-refractivity contribution in [2.45, 2.75) is 19.4 Å². The van der Waals surface area contributed by atoms with Crippen LogP contribution in [-0.2, 0) is 9.53 Å². The lowest BCUT2D eigenvalue weighted by atomic mass is 10.0. The summed E-state index contributed by atoms with van der Waals surface area (Å²) in [4.78, 5) is 24.6. The monoisotopic (exact) mass is 282 g/mol. The van der Waals surface area contributed by atoms with Gasteiger partial charge in [-0.25, -0.2) is 9.18 Å². The van der Waals surface area contributed by atoms with E-state index in [4.69, 9.17) is 0 Å². The summed E-state index contributed by atoms with van der Waals surface area (Å²) < 4.78 is 18.6. The maximum Gasteiger partial charge on any atom is 0.330 e. The quantitative estimate of drug-likeness (QED) is 0.857.